The number of nitrogens with one attached hydrogen (secondary N) is 2. The minimum absolute atomic E-state index is 0.152. The number of thiocarbonyl (C=S) groups is 1. The highest BCUT2D eigenvalue weighted by Gasteiger charge is 2.12. The van der Waals surface area contributed by atoms with E-state index in [0.29, 0.717) is 38.3 Å². The molecule has 1 heterocycles. The molecule has 5 nitrogen and oxygen atoms in total. The summed E-state index contributed by atoms with van der Waals surface area (Å²) in [4.78, 5) is 16.9. The quantitative estimate of drug-likeness (QED) is 0.191. The van der Waals surface area contributed by atoms with Crippen molar-refractivity contribution in [3.8, 4) is 11.5 Å². The lowest BCUT2D eigenvalue weighted by Gasteiger charge is -2.07. The normalized spacial score (nSPS) is 11.3. The summed E-state index contributed by atoms with van der Waals surface area (Å²) in [5.74, 6) is 0.144. The molecular formula is C27H17Cl2N3O2S. The molecule has 0 bridgehead atoms. The second-order valence-electron chi connectivity index (χ2n) is 7.67. The van der Waals surface area contributed by atoms with E-state index in [1.54, 1.807) is 24.3 Å². The minimum atomic E-state index is -0.394. The Labute approximate surface area is 216 Å². The highest BCUT2D eigenvalue weighted by molar-refractivity contribution is 7.80. The summed E-state index contributed by atoms with van der Waals surface area (Å²) in [6, 6.07) is 24.6. The Morgan fingerprint density at radius 1 is 0.971 bits per heavy atom. The second-order valence-corrected chi connectivity index (χ2v) is 8.92. The van der Waals surface area contributed by atoms with Crippen molar-refractivity contribution in [1.82, 2.24) is 10.3 Å². The van der Waals surface area contributed by atoms with Gasteiger partial charge in [0.15, 0.2) is 10.7 Å². The summed E-state index contributed by atoms with van der Waals surface area (Å²) < 4.78 is 6.01. The van der Waals surface area contributed by atoms with Gasteiger partial charge in [-0.15, -0.1) is 0 Å². The molecule has 5 rings (SSSR count). The third-order valence-corrected chi connectivity index (χ3v) is 6.05. The zero-order valence-corrected chi connectivity index (χ0v) is 20.4. The van der Waals surface area contributed by atoms with Crippen LogP contribution in [0.2, 0.25) is 10.0 Å². The van der Waals surface area contributed by atoms with Crippen molar-refractivity contribution >= 4 is 80.1 Å². The summed E-state index contributed by atoms with van der Waals surface area (Å²) >= 11 is 17.3. The number of halogens is 2. The summed E-state index contributed by atoms with van der Waals surface area (Å²) in [6.07, 6.45) is 2.94. The number of oxazole rings is 1. The van der Waals surface area contributed by atoms with Gasteiger partial charge in [0.05, 0.1) is 0 Å². The van der Waals surface area contributed by atoms with Gasteiger partial charge in [0.2, 0.25) is 11.8 Å². The molecule has 172 valence electrons. The average molecular weight is 518 g/mol. The Bertz CT molecular complexity index is 1620. The summed E-state index contributed by atoms with van der Waals surface area (Å²) in [7, 11) is 0. The number of anilines is 1. The maximum atomic E-state index is 12.3. The highest BCUT2D eigenvalue weighted by atomic mass is 35.5. The molecule has 0 radical (unpaired) electrons. The number of amides is 1. The van der Waals surface area contributed by atoms with Crippen molar-refractivity contribution in [3.63, 3.8) is 0 Å². The van der Waals surface area contributed by atoms with E-state index in [4.69, 9.17) is 39.8 Å². The van der Waals surface area contributed by atoms with Crippen LogP contribution in [0.1, 0.15) is 5.56 Å². The number of carbonyl (C=O) groups excluding carboxylic acids is 1. The number of hydrogen-bond donors (Lipinski definition) is 2. The van der Waals surface area contributed by atoms with Crippen molar-refractivity contribution < 1.29 is 9.21 Å². The van der Waals surface area contributed by atoms with E-state index in [-0.39, 0.29) is 5.11 Å². The number of nitrogens with zero attached hydrogens (tertiary/aromatic N) is 1. The van der Waals surface area contributed by atoms with Gasteiger partial charge in [-0.1, -0.05) is 65.7 Å². The summed E-state index contributed by atoms with van der Waals surface area (Å²) in [5.41, 5.74) is 3.58. The Hall–Kier alpha value is -3.71. The van der Waals surface area contributed by atoms with Crippen molar-refractivity contribution in [1.29, 1.82) is 0 Å². The average Bonchev–Trinajstić information content (AvgIpc) is 3.26. The second kappa shape index (κ2) is 9.88. The van der Waals surface area contributed by atoms with Crippen LogP contribution in [0.25, 0.3) is 39.4 Å². The van der Waals surface area contributed by atoms with E-state index in [0.717, 1.165) is 16.3 Å². The molecule has 0 unspecified atom stereocenters. The molecule has 2 N–H and O–H groups in total. The molecule has 4 aromatic carbocycles. The summed E-state index contributed by atoms with van der Waals surface area (Å²) in [6.45, 7) is 0. The first kappa shape index (κ1) is 23.1. The Morgan fingerprint density at radius 2 is 1.80 bits per heavy atom. The molecule has 0 saturated carbocycles. The third-order valence-electron chi connectivity index (χ3n) is 5.28. The standard InChI is InChI=1S/C27H17Cl2N3O2S/c28-18-10-8-17(22(29)14-18)9-13-25(33)32-27(35)30-19-11-12-24-23(15-19)31-26(34-24)21-7-3-5-16-4-1-2-6-20(16)21/h1-15H,(H2,30,32,33,35). The van der Waals surface area contributed by atoms with Gasteiger partial charge in [0.1, 0.15) is 5.52 Å². The molecule has 0 aliphatic heterocycles. The fourth-order valence-corrected chi connectivity index (χ4v) is 4.34. The molecule has 5 aromatic rings. The van der Waals surface area contributed by atoms with E-state index in [2.05, 4.69) is 27.8 Å². The van der Waals surface area contributed by atoms with Crippen LogP contribution in [-0.2, 0) is 4.79 Å². The van der Waals surface area contributed by atoms with Crippen LogP contribution in [0.15, 0.2) is 89.4 Å². The van der Waals surface area contributed by atoms with Crippen LogP contribution < -0.4 is 10.6 Å². The van der Waals surface area contributed by atoms with Gasteiger partial charge < -0.3 is 9.73 Å². The van der Waals surface area contributed by atoms with Crippen LogP contribution >= 0.6 is 35.4 Å². The van der Waals surface area contributed by atoms with E-state index in [9.17, 15) is 4.79 Å². The molecule has 1 amide bonds. The number of benzene rings is 4. The monoisotopic (exact) mass is 517 g/mol. The molecule has 0 aliphatic carbocycles. The van der Waals surface area contributed by atoms with Crippen molar-refractivity contribution in [2.75, 3.05) is 5.32 Å². The molecule has 8 heteroatoms. The number of carbonyl (C=O) groups is 1. The number of hydrogen-bond acceptors (Lipinski definition) is 4. The lowest BCUT2D eigenvalue weighted by Crippen LogP contribution is -2.32. The van der Waals surface area contributed by atoms with Crippen LogP contribution in [0, 0.1) is 0 Å². The van der Waals surface area contributed by atoms with E-state index in [1.807, 2.05) is 48.5 Å². The Kier molecular flexibility index (Phi) is 6.51. The lowest BCUT2D eigenvalue weighted by molar-refractivity contribution is -0.115. The maximum Gasteiger partial charge on any atom is 0.250 e. The van der Waals surface area contributed by atoms with E-state index >= 15 is 0 Å². The smallest absolute Gasteiger partial charge is 0.250 e. The van der Waals surface area contributed by atoms with Gasteiger partial charge in [0.25, 0.3) is 0 Å². The van der Waals surface area contributed by atoms with Gasteiger partial charge in [-0.2, -0.15) is 0 Å². The molecule has 1 aromatic heterocycles. The SMILES string of the molecule is O=C(C=Cc1ccc(Cl)cc1Cl)NC(=S)Nc1ccc2oc(-c3cccc4ccccc34)nc2c1. The number of rotatable bonds is 4. The Morgan fingerprint density at radius 3 is 2.66 bits per heavy atom. The maximum absolute atomic E-state index is 12.3. The van der Waals surface area contributed by atoms with Gasteiger partial charge in [-0.05, 0) is 71.0 Å². The van der Waals surface area contributed by atoms with Crippen LogP contribution in [-0.4, -0.2) is 16.0 Å². The molecule has 0 saturated heterocycles. The fraction of sp³-hybridized carbons (Fsp3) is 0. The van der Waals surface area contributed by atoms with E-state index < -0.39 is 5.91 Å². The van der Waals surface area contributed by atoms with Crippen LogP contribution in [0.4, 0.5) is 5.69 Å². The van der Waals surface area contributed by atoms with E-state index in [1.165, 1.54) is 6.08 Å². The van der Waals surface area contributed by atoms with Gasteiger partial charge >= 0.3 is 0 Å². The minimum Gasteiger partial charge on any atom is -0.436 e. The molecule has 0 spiro atoms. The number of fused-ring (bicyclic) bond motifs is 2. The predicted molar refractivity (Wildman–Crippen MR) is 147 cm³/mol. The Balaban J connectivity index is 1.29. The van der Waals surface area contributed by atoms with Crippen molar-refractivity contribution in [2.24, 2.45) is 0 Å². The van der Waals surface area contributed by atoms with Crippen LogP contribution in [0.5, 0.6) is 0 Å². The molecule has 0 atom stereocenters. The number of aromatic nitrogens is 1. The first-order chi connectivity index (χ1) is 17.0. The predicted octanol–water partition coefficient (Wildman–Crippen LogP) is 7.48. The van der Waals surface area contributed by atoms with Crippen LogP contribution in [0.3, 0.4) is 0 Å². The third kappa shape index (κ3) is 5.20. The zero-order chi connectivity index (χ0) is 24.4. The lowest BCUT2D eigenvalue weighted by atomic mass is 10.0. The first-order valence-electron chi connectivity index (χ1n) is 10.6. The largest absolute Gasteiger partial charge is 0.436 e. The first-order valence-corrected chi connectivity index (χ1v) is 11.8. The molecule has 0 aliphatic rings. The summed E-state index contributed by atoms with van der Waals surface area (Å²) in [5, 5.41) is 8.92. The fourth-order valence-electron chi connectivity index (χ4n) is 3.65. The van der Waals surface area contributed by atoms with Crippen molar-refractivity contribution in [3.05, 3.63) is 101 Å². The van der Waals surface area contributed by atoms with Gasteiger partial charge in [0, 0.05) is 27.4 Å². The topological polar surface area (TPSA) is 67.2 Å². The molecule has 35 heavy (non-hydrogen) atoms. The zero-order valence-electron chi connectivity index (χ0n) is 18.1. The highest BCUT2D eigenvalue weighted by Crippen LogP contribution is 2.31. The molecular weight excluding hydrogens is 501 g/mol. The molecule has 0 fully saturated rings. The van der Waals surface area contributed by atoms with Gasteiger partial charge in [-0.25, -0.2) is 4.98 Å². The van der Waals surface area contributed by atoms with Crippen molar-refractivity contribution in [2.45, 2.75) is 0 Å². The van der Waals surface area contributed by atoms with Gasteiger partial charge in [-0.3, -0.25) is 10.1 Å².